The summed E-state index contributed by atoms with van der Waals surface area (Å²) in [6.45, 7) is 1.60. The minimum absolute atomic E-state index is 0.263. The summed E-state index contributed by atoms with van der Waals surface area (Å²) in [5, 5.41) is 10.4. The summed E-state index contributed by atoms with van der Waals surface area (Å²) in [5.41, 5.74) is 0. The molecule has 0 heterocycles. The van der Waals surface area contributed by atoms with Crippen LogP contribution in [0.25, 0.3) is 0 Å². The molecule has 0 saturated carbocycles. The first-order valence-electron chi connectivity index (χ1n) is 3.27. The van der Waals surface area contributed by atoms with E-state index < -0.39 is 22.7 Å². The number of amides is 1. The standard InChI is InChI=1S/C6H11NO4S/c1-4(3-12(2)11)7-5(8)6(9)10/h4H,3H2,1-2H3,(H,7,8)(H,9,10). The van der Waals surface area contributed by atoms with E-state index in [1.54, 1.807) is 6.92 Å². The number of carboxylic acid groups (broad SMARTS) is 1. The van der Waals surface area contributed by atoms with Gasteiger partial charge >= 0.3 is 11.9 Å². The highest BCUT2D eigenvalue weighted by atomic mass is 32.2. The summed E-state index contributed by atoms with van der Waals surface area (Å²) in [4.78, 5) is 20.6. The molecule has 0 aromatic rings. The van der Waals surface area contributed by atoms with Crippen LogP contribution in [-0.4, -0.2) is 39.2 Å². The first kappa shape index (κ1) is 11.1. The molecule has 0 aliphatic heterocycles. The topological polar surface area (TPSA) is 83.5 Å². The van der Waals surface area contributed by atoms with Gasteiger partial charge in [-0.05, 0) is 6.92 Å². The molecule has 0 aliphatic rings. The highest BCUT2D eigenvalue weighted by molar-refractivity contribution is 7.84. The van der Waals surface area contributed by atoms with Crippen molar-refractivity contribution in [2.45, 2.75) is 13.0 Å². The van der Waals surface area contributed by atoms with Crippen LogP contribution in [0.2, 0.25) is 0 Å². The highest BCUT2D eigenvalue weighted by Crippen LogP contribution is 1.85. The molecule has 0 rings (SSSR count). The number of carbonyl (C=O) groups excluding carboxylic acids is 1. The molecule has 0 aromatic carbocycles. The second-order valence-electron chi connectivity index (χ2n) is 2.42. The van der Waals surface area contributed by atoms with Crippen LogP contribution in [0, 0.1) is 0 Å². The summed E-state index contributed by atoms with van der Waals surface area (Å²) in [5.74, 6) is -2.32. The van der Waals surface area contributed by atoms with Gasteiger partial charge in [0.1, 0.15) is 0 Å². The fourth-order valence-electron chi connectivity index (χ4n) is 0.679. The Labute approximate surface area is 72.6 Å². The quantitative estimate of drug-likeness (QED) is 0.560. The maximum atomic E-state index is 10.6. The Balaban J connectivity index is 3.84. The summed E-state index contributed by atoms with van der Waals surface area (Å²) in [6, 6.07) is -0.376. The smallest absolute Gasteiger partial charge is 0.394 e. The monoisotopic (exact) mass is 193 g/mol. The van der Waals surface area contributed by atoms with Gasteiger partial charge in [-0.2, -0.15) is 0 Å². The molecule has 1 amide bonds. The van der Waals surface area contributed by atoms with Crippen molar-refractivity contribution >= 4 is 22.7 Å². The summed E-state index contributed by atoms with van der Waals surface area (Å²) >= 11 is 0. The van der Waals surface area contributed by atoms with Crippen molar-refractivity contribution in [2.75, 3.05) is 12.0 Å². The highest BCUT2D eigenvalue weighted by Gasteiger charge is 2.14. The van der Waals surface area contributed by atoms with Gasteiger partial charge in [0.05, 0.1) is 0 Å². The minimum Gasteiger partial charge on any atom is -0.474 e. The lowest BCUT2D eigenvalue weighted by molar-refractivity contribution is -0.150. The van der Waals surface area contributed by atoms with Crippen LogP contribution in [0.5, 0.6) is 0 Å². The lowest BCUT2D eigenvalue weighted by Gasteiger charge is -2.09. The SMILES string of the molecule is CC(CS(C)=O)NC(=O)C(=O)O. The third-order valence-electron chi connectivity index (χ3n) is 1.06. The van der Waals surface area contributed by atoms with Gasteiger partial charge in [0.15, 0.2) is 0 Å². The zero-order chi connectivity index (χ0) is 9.72. The minimum atomic E-state index is -1.52. The van der Waals surface area contributed by atoms with Crippen LogP contribution < -0.4 is 5.32 Å². The number of nitrogens with one attached hydrogen (secondary N) is 1. The predicted octanol–water partition coefficient (Wildman–Crippen LogP) is -1.05. The van der Waals surface area contributed by atoms with Gasteiger partial charge in [-0.3, -0.25) is 9.00 Å². The van der Waals surface area contributed by atoms with Crippen LogP contribution in [-0.2, 0) is 20.4 Å². The number of rotatable bonds is 3. The van der Waals surface area contributed by atoms with Crippen molar-refractivity contribution in [2.24, 2.45) is 0 Å². The molecule has 2 atom stereocenters. The second-order valence-corrected chi connectivity index (χ2v) is 3.90. The first-order valence-corrected chi connectivity index (χ1v) is 5.00. The summed E-state index contributed by atoms with van der Waals surface area (Å²) in [7, 11) is -1.03. The van der Waals surface area contributed by atoms with E-state index in [0.29, 0.717) is 0 Å². The zero-order valence-electron chi connectivity index (χ0n) is 6.86. The van der Waals surface area contributed by atoms with Crippen LogP contribution >= 0.6 is 0 Å². The van der Waals surface area contributed by atoms with Crippen molar-refractivity contribution < 1.29 is 18.9 Å². The maximum Gasteiger partial charge on any atom is 0.394 e. The van der Waals surface area contributed by atoms with Crippen LogP contribution in [0.15, 0.2) is 0 Å². The van der Waals surface area contributed by atoms with Crippen molar-refractivity contribution in [3.05, 3.63) is 0 Å². The van der Waals surface area contributed by atoms with Gasteiger partial charge in [-0.1, -0.05) is 0 Å². The van der Waals surface area contributed by atoms with E-state index in [0.717, 1.165) is 0 Å². The van der Waals surface area contributed by atoms with Crippen molar-refractivity contribution in [1.82, 2.24) is 5.32 Å². The van der Waals surface area contributed by atoms with Gasteiger partial charge in [0.25, 0.3) is 0 Å². The zero-order valence-corrected chi connectivity index (χ0v) is 7.68. The molecule has 0 aliphatic carbocycles. The molecule has 12 heavy (non-hydrogen) atoms. The molecule has 0 aromatic heterocycles. The predicted molar refractivity (Wildman–Crippen MR) is 44.2 cm³/mol. The van der Waals surface area contributed by atoms with Crippen LogP contribution in [0.3, 0.4) is 0 Å². The molecule has 0 radical (unpaired) electrons. The van der Waals surface area contributed by atoms with E-state index in [9.17, 15) is 13.8 Å². The van der Waals surface area contributed by atoms with Crippen molar-refractivity contribution in [1.29, 1.82) is 0 Å². The Morgan fingerprint density at radius 3 is 2.42 bits per heavy atom. The second kappa shape index (κ2) is 4.87. The van der Waals surface area contributed by atoms with E-state index in [1.165, 1.54) is 6.26 Å². The number of hydrogen-bond donors (Lipinski definition) is 2. The Morgan fingerprint density at radius 1 is 1.58 bits per heavy atom. The number of hydrogen-bond acceptors (Lipinski definition) is 3. The van der Waals surface area contributed by atoms with Gasteiger partial charge < -0.3 is 10.4 Å². The van der Waals surface area contributed by atoms with Crippen LogP contribution in [0.4, 0.5) is 0 Å². The van der Waals surface area contributed by atoms with Gasteiger partial charge in [0.2, 0.25) is 0 Å². The molecule has 0 bridgehead atoms. The molecular weight excluding hydrogens is 182 g/mol. The van der Waals surface area contributed by atoms with Gasteiger partial charge in [-0.25, -0.2) is 4.79 Å². The molecule has 2 unspecified atom stereocenters. The number of carbonyl (C=O) groups is 2. The average Bonchev–Trinajstić information content (AvgIpc) is 1.84. The van der Waals surface area contributed by atoms with Crippen molar-refractivity contribution in [3.63, 3.8) is 0 Å². The fourth-order valence-corrected chi connectivity index (χ4v) is 1.47. The molecule has 2 N–H and O–H groups in total. The fraction of sp³-hybridized carbons (Fsp3) is 0.667. The largest absolute Gasteiger partial charge is 0.474 e. The number of aliphatic carboxylic acids is 1. The summed E-state index contributed by atoms with van der Waals surface area (Å²) < 4.78 is 10.6. The Hall–Kier alpha value is -0.910. The maximum absolute atomic E-state index is 10.6. The van der Waals surface area contributed by atoms with E-state index in [-0.39, 0.29) is 11.8 Å². The lowest BCUT2D eigenvalue weighted by atomic mass is 10.4. The third-order valence-corrected chi connectivity index (χ3v) is 2.03. The van der Waals surface area contributed by atoms with Crippen LogP contribution in [0.1, 0.15) is 6.92 Å². The molecule has 0 saturated heterocycles. The van der Waals surface area contributed by atoms with Gasteiger partial charge in [-0.15, -0.1) is 0 Å². The molecule has 0 fully saturated rings. The average molecular weight is 193 g/mol. The normalized spacial score (nSPS) is 14.8. The van der Waals surface area contributed by atoms with E-state index in [2.05, 4.69) is 5.32 Å². The Morgan fingerprint density at radius 2 is 2.08 bits per heavy atom. The van der Waals surface area contributed by atoms with E-state index in [4.69, 9.17) is 5.11 Å². The van der Waals surface area contributed by atoms with E-state index in [1.807, 2.05) is 0 Å². The van der Waals surface area contributed by atoms with E-state index >= 15 is 0 Å². The molecule has 5 nitrogen and oxygen atoms in total. The Kier molecular flexibility index (Phi) is 4.50. The molecule has 6 heteroatoms. The summed E-state index contributed by atoms with van der Waals surface area (Å²) in [6.07, 6.45) is 1.49. The van der Waals surface area contributed by atoms with Gasteiger partial charge in [0, 0.05) is 28.9 Å². The molecular formula is C6H11NO4S. The number of carboxylic acids is 1. The Bertz CT molecular complexity index is 216. The lowest BCUT2D eigenvalue weighted by Crippen LogP contribution is -2.40. The molecule has 70 valence electrons. The van der Waals surface area contributed by atoms with Crippen molar-refractivity contribution in [3.8, 4) is 0 Å². The first-order chi connectivity index (χ1) is 5.43. The third kappa shape index (κ3) is 4.84. The molecule has 0 spiro atoms.